The quantitative estimate of drug-likeness (QED) is 0.670. The zero-order chi connectivity index (χ0) is 21.0. The summed E-state index contributed by atoms with van der Waals surface area (Å²) in [5, 5.41) is 12.2. The van der Waals surface area contributed by atoms with E-state index in [9.17, 15) is 9.59 Å². The Hall–Kier alpha value is -2.39. The summed E-state index contributed by atoms with van der Waals surface area (Å²) in [7, 11) is 0. The number of aliphatic hydroxyl groups is 1. The van der Waals surface area contributed by atoms with Gasteiger partial charge < -0.3 is 25.0 Å². The molecule has 0 saturated carbocycles. The van der Waals surface area contributed by atoms with Crippen molar-refractivity contribution in [1.29, 1.82) is 0 Å². The number of ether oxygens (including phenoxy) is 1. The molecule has 1 aromatic carbocycles. The summed E-state index contributed by atoms with van der Waals surface area (Å²) in [5.41, 5.74) is 1.78. The number of nitrogens with zero attached hydrogens (tertiary/aromatic N) is 3. The van der Waals surface area contributed by atoms with Crippen molar-refractivity contribution in [2.75, 3.05) is 55.7 Å². The van der Waals surface area contributed by atoms with Crippen LogP contribution in [0.1, 0.15) is 13.8 Å². The van der Waals surface area contributed by atoms with Gasteiger partial charge in [-0.3, -0.25) is 9.69 Å². The summed E-state index contributed by atoms with van der Waals surface area (Å²) in [6, 6.07) is 7.78. The number of carbonyl (C=O) groups excluding carboxylic acids is 2. The standard InChI is InChI=1S/C20H28N4O4S/c1-14(2)19(29)21-11-17-12-24(20(27)28-17)16-5-3-4-15(10-16)22-6-8-23(9-7-22)18(26)13-25/h3-5,10,14,17,25H,6-9,11-13H2,1-2H3,(H,21,29)/t17-/m0/s1. The lowest BCUT2D eigenvalue weighted by molar-refractivity contribution is -0.134. The van der Waals surface area contributed by atoms with Gasteiger partial charge in [-0.25, -0.2) is 4.79 Å². The fraction of sp³-hybridized carbons (Fsp3) is 0.550. The largest absolute Gasteiger partial charge is 0.442 e. The van der Waals surface area contributed by atoms with Crippen molar-refractivity contribution >= 4 is 40.6 Å². The highest BCUT2D eigenvalue weighted by atomic mass is 32.1. The molecule has 2 aliphatic heterocycles. The van der Waals surface area contributed by atoms with Gasteiger partial charge in [-0.15, -0.1) is 0 Å². The van der Waals surface area contributed by atoms with E-state index < -0.39 is 6.61 Å². The van der Waals surface area contributed by atoms with Crippen LogP contribution in [0.2, 0.25) is 0 Å². The molecule has 2 amide bonds. The van der Waals surface area contributed by atoms with E-state index in [2.05, 4.69) is 10.2 Å². The van der Waals surface area contributed by atoms with Gasteiger partial charge in [-0.2, -0.15) is 0 Å². The normalized spacial score (nSPS) is 19.5. The summed E-state index contributed by atoms with van der Waals surface area (Å²) in [5.74, 6) is 0.0119. The highest BCUT2D eigenvalue weighted by Crippen LogP contribution is 2.27. The first-order valence-corrected chi connectivity index (χ1v) is 10.3. The van der Waals surface area contributed by atoms with Crippen molar-refractivity contribution in [1.82, 2.24) is 10.2 Å². The second kappa shape index (κ2) is 9.41. The predicted molar refractivity (Wildman–Crippen MR) is 115 cm³/mol. The summed E-state index contributed by atoms with van der Waals surface area (Å²) >= 11 is 5.28. The second-order valence-corrected chi connectivity index (χ2v) is 8.00. The molecule has 1 aromatic rings. The molecule has 158 valence electrons. The van der Waals surface area contributed by atoms with Crippen molar-refractivity contribution in [2.24, 2.45) is 5.92 Å². The van der Waals surface area contributed by atoms with Gasteiger partial charge in [-0.1, -0.05) is 32.1 Å². The number of amides is 2. The molecule has 2 saturated heterocycles. The lowest BCUT2D eigenvalue weighted by Crippen LogP contribution is -2.49. The van der Waals surface area contributed by atoms with Crippen LogP contribution in [-0.2, 0) is 9.53 Å². The van der Waals surface area contributed by atoms with E-state index in [1.807, 2.05) is 38.1 Å². The molecule has 0 aliphatic carbocycles. The lowest BCUT2D eigenvalue weighted by atomic mass is 10.2. The zero-order valence-corrected chi connectivity index (χ0v) is 17.7. The van der Waals surface area contributed by atoms with Crippen LogP contribution >= 0.6 is 12.2 Å². The number of carbonyl (C=O) groups is 2. The summed E-state index contributed by atoms with van der Waals surface area (Å²) in [6.07, 6.45) is -0.612. The molecule has 2 heterocycles. The van der Waals surface area contributed by atoms with Gasteiger partial charge in [0, 0.05) is 43.5 Å². The van der Waals surface area contributed by atoms with Gasteiger partial charge in [-0.05, 0) is 18.2 Å². The van der Waals surface area contributed by atoms with Crippen LogP contribution < -0.4 is 15.1 Å². The SMILES string of the molecule is CC(C)C(=S)NC[C@H]1CN(c2cccc(N3CCN(C(=O)CO)CC3)c2)C(=O)O1. The second-order valence-electron chi connectivity index (χ2n) is 7.56. The number of piperazine rings is 1. The van der Waals surface area contributed by atoms with Crippen LogP contribution in [0.25, 0.3) is 0 Å². The average Bonchev–Trinajstić information content (AvgIpc) is 3.12. The minimum Gasteiger partial charge on any atom is -0.442 e. The fourth-order valence-electron chi connectivity index (χ4n) is 3.43. The molecule has 0 unspecified atom stereocenters. The van der Waals surface area contributed by atoms with Crippen LogP contribution in [0.5, 0.6) is 0 Å². The number of cyclic esters (lactones) is 1. The minimum absolute atomic E-state index is 0.241. The van der Waals surface area contributed by atoms with Crippen LogP contribution in [-0.4, -0.2) is 79.0 Å². The number of aliphatic hydroxyl groups excluding tert-OH is 1. The summed E-state index contributed by atoms with van der Waals surface area (Å²) < 4.78 is 5.48. The smallest absolute Gasteiger partial charge is 0.414 e. The van der Waals surface area contributed by atoms with E-state index in [0.29, 0.717) is 39.3 Å². The first kappa shape index (κ1) is 21.3. The molecule has 2 fully saturated rings. The van der Waals surface area contributed by atoms with E-state index in [1.54, 1.807) is 9.80 Å². The number of hydrogen-bond acceptors (Lipinski definition) is 6. The maximum absolute atomic E-state index is 12.4. The maximum atomic E-state index is 12.4. The molecule has 0 radical (unpaired) electrons. The van der Waals surface area contributed by atoms with Crippen molar-refractivity contribution in [2.45, 2.75) is 20.0 Å². The van der Waals surface area contributed by atoms with Gasteiger partial charge in [0.2, 0.25) is 5.91 Å². The highest BCUT2D eigenvalue weighted by molar-refractivity contribution is 7.80. The molecule has 29 heavy (non-hydrogen) atoms. The Labute approximate surface area is 176 Å². The molecule has 0 spiro atoms. The lowest BCUT2D eigenvalue weighted by Gasteiger charge is -2.36. The van der Waals surface area contributed by atoms with Crippen molar-refractivity contribution in [3.05, 3.63) is 24.3 Å². The first-order valence-electron chi connectivity index (χ1n) is 9.88. The molecular weight excluding hydrogens is 392 g/mol. The molecule has 9 heteroatoms. The van der Waals surface area contributed by atoms with Crippen molar-refractivity contribution < 1.29 is 19.4 Å². The first-order chi connectivity index (χ1) is 13.9. The third-order valence-electron chi connectivity index (χ3n) is 5.18. The zero-order valence-electron chi connectivity index (χ0n) is 16.8. The minimum atomic E-state index is -0.454. The van der Waals surface area contributed by atoms with Gasteiger partial charge in [0.05, 0.1) is 18.1 Å². The molecule has 0 bridgehead atoms. The van der Waals surface area contributed by atoms with Crippen LogP contribution in [0.15, 0.2) is 24.3 Å². The van der Waals surface area contributed by atoms with E-state index in [1.165, 1.54) is 0 Å². The van der Waals surface area contributed by atoms with Crippen molar-refractivity contribution in [3.8, 4) is 0 Å². The maximum Gasteiger partial charge on any atom is 0.414 e. The fourth-order valence-corrected chi connectivity index (χ4v) is 3.51. The van der Waals surface area contributed by atoms with Gasteiger partial charge in [0.25, 0.3) is 0 Å². The Bertz CT molecular complexity index is 765. The number of thiocarbonyl (C=S) groups is 1. The number of hydrogen-bond donors (Lipinski definition) is 2. The van der Waals surface area contributed by atoms with E-state index in [-0.39, 0.29) is 24.0 Å². The van der Waals surface area contributed by atoms with Crippen LogP contribution in [0.4, 0.5) is 16.2 Å². The Morgan fingerprint density at radius 2 is 1.97 bits per heavy atom. The van der Waals surface area contributed by atoms with Crippen LogP contribution in [0, 0.1) is 5.92 Å². The van der Waals surface area contributed by atoms with Crippen molar-refractivity contribution in [3.63, 3.8) is 0 Å². The third-order valence-corrected chi connectivity index (χ3v) is 5.79. The Morgan fingerprint density at radius 3 is 2.62 bits per heavy atom. The number of anilines is 2. The number of rotatable bonds is 6. The molecule has 0 aromatic heterocycles. The monoisotopic (exact) mass is 420 g/mol. The molecule has 8 nitrogen and oxygen atoms in total. The van der Waals surface area contributed by atoms with Gasteiger partial charge >= 0.3 is 6.09 Å². The number of nitrogens with one attached hydrogen (secondary N) is 1. The Morgan fingerprint density at radius 1 is 1.28 bits per heavy atom. The van der Waals surface area contributed by atoms with Gasteiger partial charge in [0.1, 0.15) is 12.7 Å². The predicted octanol–water partition coefficient (Wildman–Crippen LogP) is 1.23. The topological polar surface area (TPSA) is 85.4 Å². The average molecular weight is 421 g/mol. The van der Waals surface area contributed by atoms with E-state index in [4.69, 9.17) is 22.1 Å². The van der Waals surface area contributed by atoms with Crippen LogP contribution in [0.3, 0.4) is 0 Å². The Kier molecular flexibility index (Phi) is 6.92. The Balaban J connectivity index is 1.60. The molecular formula is C20H28N4O4S. The molecule has 1 atom stereocenters. The van der Waals surface area contributed by atoms with E-state index >= 15 is 0 Å². The van der Waals surface area contributed by atoms with E-state index in [0.717, 1.165) is 16.4 Å². The molecule has 2 N–H and O–H groups in total. The molecule has 3 rings (SSSR count). The summed E-state index contributed by atoms with van der Waals surface area (Å²) in [6.45, 7) is 7.05. The molecule has 2 aliphatic rings. The number of benzene rings is 1. The highest BCUT2D eigenvalue weighted by Gasteiger charge is 2.32. The van der Waals surface area contributed by atoms with Gasteiger partial charge in [0.15, 0.2) is 0 Å². The summed E-state index contributed by atoms with van der Waals surface area (Å²) in [4.78, 5) is 30.2. The third kappa shape index (κ3) is 5.16.